The van der Waals surface area contributed by atoms with E-state index in [1.807, 2.05) is 30.3 Å². The van der Waals surface area contributed by atoms with Gasteiger partial charge in [0, 0.05) is 6.07 Å². The topological polar surface area (TPSA) is 72.6 Å². The molecule has 1 unspecified atom stereocenters. The van der Waals surface area contributed by atoms with Crippen molar-refractivity contribution in [2.45, 2.75) is 18.9 Å². The van der Waals surface area contributed by atoms with Gasteiger partial charge in [-0.2, -0.15) is 0 Å². The normalized spacial score (nSPS) is 11.9. The Kier molecular flexibility index (Phi) is 4.90. The van der Waals surface area contributed by atoms with Gasteiger partial charge in [0.05, 0.1) is 18.1 Å². The minimum absolute atomic E-state index is 0.0517. The van der Waals surface area contributed by atoms with Crippen LogP contribution in [0.15, 0.2) is 48.5 Å². The van der Waals surface area contributed by atoms with E-state index in [-0.39, 0.29) is 11.4 Å². The van der Waals surface area contributed by atoms with Crippen molar-refractivity contribution >= 4 is 5.69 Å². The van der Waals surface area contributed by atoms with Crippen molar-refractivity contribution < 1.29 is 14.8 Å². The molecule has 110 valence electrons. The minimum Gasteiger partial charge on any atom is -0.490 e. The third-order valence-electron chi connectivity index (χ3n) is 3.33. The molecule has 0 radical (unpaired) electrons. The molecule has 0 aliphatic heterocycles. The van der Waals surface area contributed by atoms with Crippen LogP contribution in [0.5, 0.6) is 5.75 Å². The lowest BCUT2D eigenvalue weighted by Gasteiger charge is -2.11. The maximum atomic E-state index is 11.0. The van der Waals surface area contributed by atoms with Gasteiger partial charge in [0.15, 0.2) is 5.75 Å². The van der Waals surface area contributed by atoms with Crippen LogP contribution >= 0.6 is 0 Å². The molecule has 0 saturated heterocycles. The van der Waals surface area contributed by atoms with Crippen LogP contribution in [0.1, 0.15) is 23.7 Å². The average molecular weight is 287 g/mol. The van der Waals surface area contributed by atoms with Gasteiger partial charge in [-0.15, -0.1) is 0 Å². The zero-order chi connectivity index (χ0) is 15.2. The lowest BCUT2D eigenvalue weighted by molar-refractivity contribution is -0.385. The summed E-state index contributed by atoms with van der Waals surface area (Å²) in [6.45, 7) is 0. The molecule has 2 aromatic rings. The molecule has 0 heterocycles. The third kappa shape index (κ3) is 3.79. The lowest BCUT2D eigenvalue weighted by atomic mass is 10.0. The third-order valence-corrected chi connectivity index (χ3v) is 3.33. The molecule has 5 heteroatoms. The van der Waals surface area contributed by atoms with Crippen molar-refractivity contribution in [3.63, 3.8) is 0 Å². The number of nitro groups is 1. The van der Waals surface area contributed by atoms with Gasteiger partial charge in [-0.05, 0) is 30.0 Å². The minimum atomic E-state index is -0.577. The number of aryl methyl sites for hydroxylation is 1. The van der Waals surface area contributed by atoms with E-state index in [1.54, 1.807) is 12.1 Å². The fourth-order valence-electron chi connectivity index (χ4n) is 2.18. The molecule has 0 spiro atoms. The lowest BCUT2D eigenvalue weighted by Crippen LogP contribution is -2.00. The van der Waals surface area contributed by atoms with Gasteiger partial charge in [0.1, 0.15) is 0 Å². The van der Waals surface area contributed by atoms with Gasteiger partial charge < -0.3 is 9.84 Å². The van der Waals surface area contributed by atoms with E-state index >= 15 is 0 Å². The molecule has 1 N–H and O–H groups in total. The van der Waals surface area contributed by atoms with Crippen molar-refractivity contribution in [3.05, 3.63) is 69.8 Å². The first kappa shape index (κ1) is 15.0. The van der Waals surface area contributed by atoms with Gasteiger partial charge in [-0.25, -0.2) is 0 Å². The van der Waals surface area contributed by atoms with Gasteiger partial charge >= 0.3 is 5.69 Å². The van der Waals surface area contributed by atoms with Gasteiger partial charge in [0.2, 0.25) is 0 Å². The predicted molar refractivity (Wildman–Crippen MR) is 79.4 cm³/mol. The Bertz CT molecular complexity index is 613. The molecule has 0 aliphatic rings. The summed E-state index contributed by atoms with van der Waals surface area (Å²) in [4.78, 5) is 10.5. The highest BCUT2D eigenvalue weighted by Gasteiger charge is 2.15. The SMILES string of the molecule is COc1ccc(CCC(O)c2ccccc2)cc1[N+](=O)[O-]. The number of methoxy groups -OCH3 is 1. The summed E-state index contributed by atoms with van der Waals surface area (Å²) in [6.07, 6.45) is 0.487. The number of hydrogen-bond donors (Lipinski definition) is 1. The summed E-state index contributed by atoms with van der Waals surface area (Å²) < 4.78 is 4.97. The summed E-state index contributed by atoms with van der Waals surface area (Å²) in [5.41, 5.74) is 1.60. The van der Waals surface area contributed by atoms with E-state index in [0.717, 1.165) is 11.1 Å². The van der Waals surface area contributed by atoms with E-state index in [2.05, 4.69) is 0 Å². The number of nitrogens with zero attached hydrogens (tertiary/aromatic N) is 1. The fraction of sp³-hybridized carbons (Fsp3) is 0.250. The zero-order valence-electron chi connectivity index (χ0n) is 11.7. The largest absolute Gasteiger partial charge is 0.490 e. The Morgan fingerprint density at radius 1 is 1.24 bits per heavy atom. The van der Waals surface area contributed by atoms with E-state index in [0.29, 0.717) is 12.8 Å². The number of benzene rings is 2. The zero-order valence-corrected chi connectivity index (χ0v) is 11.7. The second-order valence-corrected chi connectivity index (χ2v) is 4.73. The first-order valence-electron chi connectivity index (χ1n) is 6.66. The van der Waals surface area contributed by atoms with Gasteiger partial charge in [-0.1, -0.05) is 36.4 Å². The molecule has 5 nitrogen and oxygen atoms in total. The number of aliphatic hydroxyl groups excluding tert-OH is 1. The molecular weight excluding hydrogens is 270 g/mol. The highest BCUT2D eigenvalue weighted by atomic mass is 16.6. The van der Waals surface area contributed by atoms with Gasteiger partial charge in [0.25, 0.3) is 0 Å². The number of aliphatic hydroxyl groups is 1. The summed E-state index contributed by atoms with van der Waals surface area (Å²) >= 11 is 0. The van der Waals surface area contributed by atoms with Crippen LogP contribution in [-0.4, -0.2) is 17.1 Å². The second kappa shape index (κ2) is 6.85. The Hall–Kier alpha value is -2.40. The summed E-state index contributed by atoms with van der Waals surface area (Å²) in [6, 6.07) is 14.2. The number of ether oxygens (including phenoxy) is 1. The Balaban J connectivity index is 2.07. The second-order valence-electron chi connectivity index (χ2n) is 4.73. The molecule has 0 amide bonds. The van der Waals surface area contributed by atoms with Crippen LogP contribution < -0.4 is 4.74 Å². The molecule has 1 atom stereocenters. The van der Waals surface area contributed by atoms with Crippen molar-refractivity contribution in [2.75, 3.05) is 7.11 Å². The smallest absolute Gasteiger partial charge is 0.311 e. The molecular formula is C16H17NO4. The quantitative estimate of drug-likeness (QED) is 0.653. The molecule has 21 heavy (non-hydrogen) atoms. The maximum absolute atomic E-state index is 11.0. The first-order chi connectivity index (χ1) is 10.1. The molecule has 0 saturated carbocycles. The average Bonchev–Trinajstić information content (AvgIpc) is 2.53. The Morgan fingerprint density at radius 3 is 2.57 bits per heavy atom. The summed E-state index contributed by atoms with van der Waals surface area (Å²) in [7, 11) is 1.40. The van der Waals surface area contributed by atoms with Crippen LogP contribution in [0, 0.1) is 10.1 Å². The van der Waals surface area contributed by atoms with E-state index < -0.39 is 11.0 Å². The van der Waals surface area contributed by atoms with Crippen LogP contribution in [0.3, 0.4) is 0 Å². The van der Waals surface area contributed by atoms with Crippen molar-refractivity contribution in [2.24, 2.45) is 0 Å². The molecule has 0 aromatic heterocycles. The van der Waals surface area contributed by atoms with Gasteiger partial charge in [-0.3, -0.25) is 10.1 Å². The van der Waals surface area contributed by atoms with Crippen molar-refractivity contribution in [1.29, 1.82) is 0 Å². The van der Waals surface area contributed by atoms with E-state index in [4.69, 9.17) is 4.74 Å². The van der Waals surface area contributed by atoms with Crippen LogP contribution in [-0.2, 0) is 6.42 Å². The molecule has 0 bridgehead atoms. The van der Waals surface area contributed by atoms with Crippen LogP contribution in [0.2, 0.25) is 0 Å². The van der Waals surface area contributed by atoms with Crippen molar-refractivity contribution in [3.8, 4) is 5.75 Å². The fourth-order valence-corrected chi connectivity index (χ4v) is 2.18. The molecule has 0 fully saturated rings. The Labute approximate surface area is 123 Å². The molecule has 0 aliphatic carbocycles. The molecule has 2 aromatic carbocycles. The highest BCUT2D eigenvalue weighted by Crippen LogP contribution is 2.29. The summed E-state index contributed by atoms with van der Waals surface area (Å²) in [5, 5.41) is 21.1. The van der Waals surface area contributed by atoms with E-state index in [1.165, 1.54) is 13.2 Å². The number of hydrogen-bond acceptors (Lipinski definition) is 4. The van der Waals surface area contributed by atoms with E-state index in [9.17, 15) is 15.2 Å². The summed E-state index contributed by atoms with van der Waals surface area (Å²) in [5.74, 6) is 0.243. The highest BCUT2D eigenvalue weighted by molar-refractivity contribution is 5.48. The predicted octanol–water partition coefficient (Wildman–Crippen LogP) is 3.27. The van der Waals surface area contributed by atoms with Crippen molar-refractivity contribution in [1.82, 2.24) is 0 Å². The Morgan fingerprint density at radius 2 is 1.95 bits per heavy atom. The maximum Gasteiger partial charge on any atom is 0.311 e. The number of rotatable bonds is 6. The van der Waals surface area contributed by atoms with Crippen LogP contribution in [0.4, 0.5) is 5.69 Å². The molecule has 2 rings (SSSR count). The first-order valence-corrected chi connectivity index (χ1v) is 6.66. The monoisotopic (exact) mass is 287 g/mol. The standard InChI is InChI=1S/C16H17NO4/c1-21-16-10-8-12(11-14(16)17(19)20)7-9-15(18)13-5-3-2-4-6-13/h2-6,8,10-11,15,18H,7,9H2,1H3. The number of nitro benzene ring substituents is 1. The van der Waals surface area contributed by atoms with Crippen LogP contribution in [0.25, 0.3) is 0 Å².